The van der Waals surface area contributed by atoms with Gasteiger partial charge in [0.25, 0.3) is 0 Å². The molecule has 3 aromatic rings. The van der Waals surface area contributed by atoms with Crippen molar-refractivity contribution < 1.29 is 19.1 Å². The highest BCUT2D eigenvalue weighted by molar-refractivity contribution is 6.03. The number of nitrogens with zero attached hydrogens (tertiary/aromatic N) is 1. The molecule has 1 fully saturated rings. The molecule has 1 heterocycles. The number of rotatable bonds is 7. The monoisotopic (exact) mass is 444 g/mol. The van der Waals surface area contributed by atoms with Crippen LogP contribution in [0.4, 0.5) is 11.4 Å². The summed E-state index contributed by atoms with van der Waals surface area (Å²) in [4.78, 5) is 27.0. The van der Waals surface area contributed by atoms with Crippen LogP contribution in [0.5, 0.6) is 17.2 Å². The predicted molar refractivity (Wildman–Crippen MR) is 129 cm³/mol. The molecular weight excluding hydrogens is 416 g/mol. The second-order valence-electron chi connectivity index (χ2n) is 8.15. The molecule has 1 aliphatic rings. The van der Waals surface area contributed by atoms with E-state index in [0.717, 1.165) is 22.7 Å². The Morgan fingerprint density at radius 3 is 2.39 bits per heavy atom. The summed E-state index contributed by atoms with van der Waals surface area (Å²) in [6.07, 6.45) is 0.187. The van der Waals surface area contributed by atoms with Gasteiger partial charge in [-0.25, -0.2) is 0 Å². The number of carbonyl (C=O) groups is 2. The van der Waals surface area contributed by atoms with Crippen molar-refractivity contribution in [3.8, 4) is 17.2 Å². The summed E-state index contributed by atoms with van der Waals surface area (Å²) < 4.78 is 11.4. The molecule has 1 saturated heterocycles. The van der Waals surface area contributed by atoms with E-state index in [4.69, 9.17) is 9.47 Å². The van der Waals surface area contributed by atoms with Crippen molar-refractivity contribution in [2.75, 3.05) is 23.4 Å². The highest BCUT2D eigenvalue weighted by Gasteiger charge is 2.35. The van der Waals surface area contributed by atoms with Gasteiger partial charge in [-0.2, -0.15) is 0 Å². The molecule has 0 aliphatic carbocycles. The third-order valence-electron chi connectivity index (χ3n) is 5.86. The van der Waals surface area contributed by atoms with E-state index in [1.165, 1.54) is 5.56 Å². The second kappa shape index (κ2) is 9.77. The van der Waals surface area contributed by atoms with Crippen molar-refractivity contribution in [2.24, 2.45) is 5.92 Å². The van der Waals surface area contributed by atoms with E-state index < -0.39 is 5.92 Å². The van der Waals surface area contributed by atoms with E-state index in [0.29, 0.717) is 24.6 Å². The molecule has 33 heavy (non-hydrogen) atoms. The molecule has 3 aromatic carbocycles. The lowest BCUT2D eigenvalue weighted by atomic mass is 10.1. The predicted octanol–water partition coefficient (Wildman–Crippen LogP) is 5.49. The van der Waals surface area contributed by atoms with Crippen molar-refractivity contribution in [1.29, 1.82) is 0 Å². The lowest BCUT2D eigenvalue weighted by Crippen LogP contribution is -2.28. The molecule has 0 unspecified atom stereocenters. The van der Waals surface area contributed by atoms with Gasteiger partial charge in [-0.1, -0.05) is 12.1 Å². The summed E-state index contributed by atoms with van der Waals surface area (Å²) in [6.45, 7) is 6.94. The quantitative estimate of drug-likeness (QED) is 0.524. The maximum atomic E-state index is 12.8. The zero-order chi connectivity index (χ0) is 23.4. The fourth-order valence-electron chi connectivity index (χ4n) is 3.83. The van der Waals surface area contributed by atoms with E-state index in [2.05, 4.69) is 5.32 Å². The summed E-state index contributed by atoms with van der Waals surface area (Å²) in [5.74, 6) is 1.63. The minimum Gasteiger partial charge on any atom is -0.494 e. The van der Waals surface area contributed by atoms with Crippen molar-refractivity contribution in [3.63, 3.8) is 0 Å². The van der Waals surface area contributed by atoms with Crippen LogP contribution < -0.4 is 19.7 Å². The number of ether oxygens (including phenoxy) is 2. The fourth-order valence-corrected chi connectivity index (χ4v) is 3.83. The van der Waals surface area contributed by atoms with Crippen molar-refractivity contribution in [1.82, 2.24) is 0 Å². The number of hydrogen-bond donors (Lipinski definition) is 1. The second-order valence-corrected chi connectivity index (χ2v) is 8.15. The Kier molecular flexibility index (Phi) is 6.63. The molecular formula is C27H28N2O4. The molecule has 1 atom stereocenters. The lowest BCUT2D eigenvalue weighted by Gasteiger charge is -2.17. The van der Waals surface area contributed by atoms with Gasteiger partial charge in [0.1, 0.15) is 17.2 Å². The molecule has 0 bridgehead atoms. The highest BCUT2D eigenvalue weighted by atomic mass is 16.5. The third kappa shape index (κ3) is 5.17. The van der Waals surface area contributed by atoms with E-state index >= 15 is 0 Å². The van der Waals surface area contributed by atoms with Gasteiger partial charge in [0, 0.05) is 24.3 Å². The zero-order valence-electron chi connectivity index (χ0n) is 19.1. The summed E-state index contributed by atoms with van der Waals surface area (Å²) in [7, 11) is 0. The minimum atomic E-state index is -0.407. The maximum Gasteiger partial charge on any atom is 0.229 e. The van der Waals surface area contributed by atoms with Gasteiger partial charge < -0.3 is 19.7 Å². The van der Waals surface area contributed by atoms with Crippen LogP contribution >= 0.6 is 0 Å². The highest BCUT2D eigenvalue weighted by Crippen LogP contribution is 2.29. The molecule has 1 aliphatic heterocycles. The van der Waals surface area contributed by atoms with E-state index in [9.17, 15) is 9.59 Å². The maximum absolute atomic E-state index is 12.8. The Labute approximate surface area is 194 Å². The molecule has 0 saturated carbocycles. The first-order valence-corrected chi connectivity index (χ1v) is 11.1. The first-order valence-electron chi connectivity index (χ1n) is 11.1. The van der Waals surface area contributed by atoms with E-state index in [1.807, 2.05) is 75.4 Å². The van der Waals surface area contributed by atoms with Crippen molar-refractivity contribution >= 4 is 23.2 Å². The van der Waals surface area contributed by atoms with Gasteiger partial charge in [0.05, 0.1) is 12.5 Å². The molecule has 6 nitrogen and oxygen atoms in total. The number of benzene rings is 3. The van der Waals surface area contributed by atoms with Gasteiger partial charge in [-0.15, -0.1) is 0 Å². The average molecular weight is 445 g/mol. The van der Waals surface area contributed by atoms with E-state index in [-0.39, 0.29) is 18.2 Å². The SMILES string of the molecule is CCOc1ccc(N2C[C@H](C(=O)Nc3ccc(Oc4cccc(C)c4C)cc3)CC2=O)cc1. The van der Waals surface area contributed by atoms with Crippen LogP contribution in [0.2, 0.25) is 0 Å². The molecule has 0 aromatic heterocycles. The average Bonchev–Trinajstić information content (AvgIpc) is 3.21. The number of nitrogens with one attached hydrogen (secondary N) is 1. The Hall–Kier alpha value is -3.80. The first kappa shape index (κ1) is 22.4. The van der Waals surface area contributed by atoms with Gasteiger partial charge in [0.2, 0.25) is 11.8 Å². The first-order chi connectivity index (χ1) is 15.9. The lowest BCUT2D eigenvalue weighted by molar-refractivity contribution is -0.122. The van der Waals surface area contributed by atoms with Gasteiger partial charge in [-0.3, -0.25) is 9.59 Å². The summed E-state index contributed by atoms with van der Waals surface area (Å²) in [6, 6.07) is 20.6. The number of aryl methyl sites for hydroxylation is 1. The van der Waals surface area contributed by atoms with Crippen LogP contribution in [-0.2, 0) is 9.59 Å². The van der Waals surface area contributed by atoms with Gasteiger partial charge in [-0.05, 0) is 86.5 Å². The Balaban J connectivity index is 1.36. The Bertz CT molecular complexity index is 1140. The van der Waals surface area contributed by atoms with Crippen molar-refractivity contribution in [3.05, 3.63) is 77.9 Å². The summed E-state index contributed by atoms with van der Waals surface area (Å²) >= 11 is 0. The fraction of sp³-hybridized carbons (Fsp3) is 0.259. The van der Waals surface area contributed by atoms with Gasteiger partial charge >= 0.3 is 0 Å². The number of amides is 2. The Morgan fingerprint density at radius 1 is 1.00 bits per heavy atom. The van der Waals surface area contributed by atoms with Crippen molar-refractivity contribution in [2.45, 2.75) is 27.2 Å². The third-order valence-corrected chi connectivity index (χ3v) is 5.86. The molecule has 0 radical (unpaired) electrons. The smallest absolute Gasteiger partial charge is 0.229 e. The van der Waals surface area contributed by atoms with Crippen LogP contribution in [-0.4, -0.2) is 25.0 Å². The Morgan fingerprint density at radius 2 is 1.70 bits per heavy atom. The van der Waals surface area contributed by atoms with Gasteiger partial charge in [0.15, 0.2) is 0 Å². The number of hydrogen-bond acceptors (Lipinski definition) is 4. The number of carbonyl (C=O) groups excluding carboxylic acids is 2. The van der Waals surface area contributed by atoms with Crippen LogP contribution in [0.25, 0.3) is 0 Å². The van der Waals surface area contributed by atoms with E-state index in [1.54, 1.807) is 17.0 Å². The van der Waals surface area contributed by atoms with Crippen LogP contribution in [0, 0.1) is 19.8 Å². The molecule has 4 rings (SSSR count). The zero-order valence-corrected chi connectivity index (χ0v) is 19.1. The largest absolute Gasteiger partial charge is 0.494 e. The van der Waals surface area contributed by atoms with Crippen LogP contribution in [0.3, 0.4) is 0 Å². The summed E-state index contributed by atoms with van der Waals surface area (Å²) in [5.41, 5.74) is 3.70. The summed E-state index contributed by atoms with van der Waals surface area (Å²) in [5, 5.41) is 2.92. The van der Waals surface area contributed by atoms with Crippen LogP contribution in [0.1, 0.15) is 24.5 Å². The minimum absolute atomic E-state index is 0.0587. The normalized spacial score (nSPS) is 15.4. The molecule has 2 amide bonds. The molecule has 0 spiro atoms. The van der Waals surface area contributed by atoms with Crippen LogP contribution in [0.15, 0.2) is 66.7 Å². The molecule has 6 heteroatoms. The molecule has 170 valence electrons. The standard InChI is InChI=1S/C27H28N2O4/c1-4-32-23-14-10-22(11-15-23)29-17-20(16-26(29)30)27(31)28-21-8-12-24(13-9-21)33-25-7-5-6-18(2)19(25)3/h5-15,20H,4,16-17H2,1-3H3,(H,28,31)/t20-/m1/s1. The number of anilines is 2. The topological polar surface area (TPSA) is 67.9 Å². The molecule has 1 N–H and O–H groups in total.